The molecule has 2 nitrogen and oxygen atoms in total. The largest absolute Gasteiger partial charge is 0.481 e. The van der Waals surface area contributed by atoms with E-state index in [-0.39, 0.29) is 6.42 Å². The number of aryl methyl sites for hydroxylation is 1. The van der Waals surface area contributed by atoms with Gasteiger partial charge in [-0.05, 0) is 29.9 Å². The fourth-order valence-corrected chi connectivity index (χ4v) is 4.24. The number of carboxylic acid groups (broad SMARTS) is 1. The first-order valence-electron chi connectivity index (χ1n) is 10.5. The lowest BCUT2D eigenvalue weighted by molar-refractivity contribution is -0.136. The summed E-state index contributed by atoms with van der Waals surface area (Å²) in [7, 11) is 0. The Labute approximate surface area is 159 Å². The summed E-state index contributed by atoms with van der Waals surface area (Å²) in [6, 6.07) is 2.07. The van der Waals surface area contributed by atoms with Crippen LogP contribution >= 0.6 is 11.3 Å². The van der Waals surface area contributed by atoms with E-state index in [2.05, 4.69) is 18.4 Å². The zero-order valence-electron chi connectivity index (χ0n) is 16.2. The van der Waals surface area contributed by atoms with Gasteiger partial charge in [-0.2, -0.15) is 0 Å². The van der Waals surface area contributed by atoms with Crippen molar-refractivity contribution in [3.05, 3.63) is 21.9 Å². The first-order valence-corrected chi connectivity index (χ1v) is 11.4. The van der Waals surface area contributed by atoms with Gasteiger partial charge in [-0.15, -0.1) is 11.3 Å². The molecule has 0 amide bonds. The van der Waals surface area contributed by atoms with Gasteiger partial charge in [0, 0.05) is 4.88 Å². The summed E-state index contributed by atoms with van der Waals surface area (Å²) in [5, 5.41) is 10.9. The summed E-state index contributed by atoms with van der Waals surface area (Å²) in [6.07, 6.45) is 20.7. The first kappa shape index (κ1) is 22.2. The van der Waals surface area contributed by atoms with Crippen LogP contribution in [0.2, 0.25) is 0 Å². The molecule has 0 aliphatic heterocycles. The van der Waals surface area contributed by atoms with E-state index in [1.165, 1.54) is 95.5 Å². The number of thiophene rings is 1. The molecule has 0 fully saturated rings. The molecule has 1 aromatic rings. The molecule has 1 rings (SSSR count). The number of rotatable bonds is 17. The normalized spacial score (nSPS) is 11.1. The van der Waals surface area contributed by atoms with Crippen molar-refractivity contribution < 1.29 is 9.90 Å². The van der Waals surface area contributed by atoms with Gasteiger partial charge in [-0.3, -0.25) is 4.79 Å². The number of carboxylic acids is 1. The Morgan fingerprint density at radius 2 is 1.32 bits per heavy atom. The third kappa shape index (κ3) is 13.1. The van der Waals surface area contributed by atoms with Crippen LogP contribution < -0.4 is 0 Å². The predicted molar refractivity (Wildman–Crippen MR) is 110 cm³/mol. The van der Waals surface area contributed by atoms with E-state index in [9.17, 15) is 4.79 Å². The maximum absolute atomic E-state index is 10.7. The Morgan fingerprint density at radius 3 is 1.80 bits per heavy atom. The van der Waals surface area contributed by atoms with Crippen LogP contribution in [0.15, 0.2) is 11.4 Å². The number of hydrogen-bond acceptors (Lipinski definition) is 2. The maximum Gasteiger partial charge on any atom is 0.308 e. The van der Waals surface area contributed by atoms with Crippen LogP contribution in [-0.4, -0.2) is 11.1 Å². The molecule has 0 saturated carbocycles. The van der Waals surface area contributed by atoms with Crippen LogP contribution in [-0.2, 0) is 17.6 Å². The second kappa shape index (κ2) is 15.4. The summed E-state index contributed by atoms with van der Waals surface area (Å²) in [4.78, 5) is 11.7. The molecule has 1 N–H and O–H groups in total. The van der Waals surface area contributed by atoms with Gasteiger partial charge in [0.2, 0.25) is 0 Å². The molecule has 1 heterocycles. The average molecular weight is 367 g/mol. The molecule has 144 valence electrons. The average Bonchev–Trinajstić information content (AvgIpc) is 3.01. The zero-order chi connectivity index (χ0) is 18.2. The second-order valence-corrected chi connectivity index (χ2v) is 8.33. The summed E-state index contributed by atoms with van der Waals surface area (Å²) in [6.45, 7) is 2.28. The third-order valence-corrected chi connectivity index (χ3v) is 5.84. The molecule has 25 heavy (non-hydrogen) atoms. The summed E-state index contributed by atoms with van der Waals surface area (Å²) in [5.74, 6) is -0.732. The van der Waals surface area contributed by atoms with Crippen molar-refractivity contribution in [3.8, 4) is 0 Å². The molecule has 0 spiro atoms. The van der Waals surface area contributed by atoms with E-state index in [0.717, 1.165) is 11.3 Å². The van der Waals surface area contributed by atoms with Crippen LogP contribution in [0.4, 0.5) is 0 Å². The van der Waals surface area contributed by atoms with Gasteiger partial charge >= 0.3 is 5.97 Å². The Kier molecular flexibility index (Phi) is 13.7. The molecule has 0 aliphatic carbocycles. The number of carbonyl (C=O) groups is 1. The van der Waals surface area contributed by atoms with Crippen molar-refractivity contribution >= 4 is 17.3 Å². The lowest BCUT2D eigenvalue weighted by Crippen LogP contribution is -1.97. The summed E-state index contributed by atoms with van der Waals surface area (Å²) < 4.78 is 0. The van der Waals surface area contributed by atoms with Gasteiger partial charge in [0.15, 0.2) is 0 Å². The Morgan fingerprint density at radius 1 is 0.840 bits per heavy atom. The van der Waals surface area contributed by atoms with E-state index < -0.39 is 5.97 Å². The van der Waals surface area contributed by atoms with E-state index in [4.69, 9.17) is 5.11 Å². The Bertz CT molecular complexity index is 439. The molecule has 0 atom stereocenters. The fourth-order valence-electron chi connectivity index (χ4n) is 3.32. The highest BCUT2D eigenvalue weighted by Gasteiger charge is 2.04. The minimum absolute atomic E-state index is 0.170. The minimum atomic E-state index is -0.732. The lowest BCUT2D eigenvalue weighted by Gasteiger charge is -2.03. The molecule has 0 saturated heterocycles. The number of aliphatic carboxylic acids is 1. The van der Waals surface area contributed by atoms with Crippen LogP contribution in [0.5, 0.6) is 0 Å². The SMILES string of the molecule is CCCCCCCCCCCCCCCCc1csc(CC(=O)O)c1. The molecule has 0 aliphatic rings. The van der Waals surface area contributed by atoms with Crippen molar-refractivity contribution in [2.75, 3.05) is 0 Å². The Balaban J connectivity index is 1.83. The van der Waals surface area contributed by atoms with Crippen molar-refractivity contribution in [3.63, 3.8) is 0 Å². The van der Waals surface area contributed by atoms with E-state index in [1.54, 1.807) is 11.3 Å². The highest BCUT2D eigenvalue weighted by atomic mass is 32.1. The van der Waals surface area contributed by atoms with Crippen molar-refractivity contribution in [1.82, 2.24) is 0 Å². The topological polar surface area (TPSA) is 37.3 Å². The number of unbranched alkanes of at least 4 members (excludes halogenated alkanes) is 13. The standard InChI is InChI=1S/C22H38O2S/c1-2-3-4-5-6-7-8-9-10-11-12-13-14-15-16-20-17-21(25-19-20)18-22(23)24/h17,19H,2-16,18H2,1H3,(H,23,24). The van der Waals surface area contributed by atoms with Crippen molar-refractivity contribution in [2.24, 2.45) is 0 Å². The minimum Gasteiger partial charge on any atom is -0.481 e. The van der Waals surface area contributed by atoms with Crippen LogP contribution in [0.1, 0.15) is 107 Å². The van der Waals surface area contributed by atoms with Gasteiger partial charge in [-0.1, -0.05) is 90.4 Å². The molecule has 0 bridgehead atoms. The van der Waals surface area contributed by atoms with Gasteiger partial charge in [0.25, 0.3) is 0 Å². The third-order valence-electron chi connectivity index (χ3n) is 4.85. The van der Waals surface area contributed by atoms with Gasteiger partial charge < -0.3 is 5.11 Å². The quantitative estimate of drug-likeness (QED) is 0.292. The molecular formula is C22H38O2S. The molecular weight excluding hydrogens is 328 g/mol. The van der Waals surface area contributed by atoms with E-state index in [1.807, 2.05) is 0 Å². The first-order chi connectivity index (χ1) is 12.2. The molecule has 1 aromatic heterocycles. The predicted octanol–water partition coefficient (Wildman–Crippen LogP) is 7.40. The second-order valence-electron chi connectivity index (χ2n) is 7.34. The van der Waals surface area contributed by atoms with Crippen LogP contribution in [0.25, 0.3) is 0 Å². The smallest absolute Gasteiger partial charge is 0.308 e. The molecule has 0 radical (unpaired) electrons. The van der Waals surface area contributed by atoms with Gasteiger partial charge in [0.05, 0.1) is 6.42 Å². The Hall–Kier alpha value is -0.830. The van der Waals surface area contributed by atoms with Crippen molar-refractivity contribution in [2.45, 2.75) is 110 Å². The van der Waals surface area contributed by atoms with Gasteiger partial charge in [-0.25, -0.2) is 0 Å². The monoisotopic (exact) mass is 366 g/mol. The van der Waals surface area contributed by atoms with Crippen LogP contribution in [0.3, 0.4) is 0 Å². The lowest BCUT2D eigenvalue weighted by atomic mass is 10.0. The fraction of sp³-hybridized carbons (Fsp3) is 0.773. The number of hydrogen-bond donors (Lipinski definition) is 1. The highest BCUT2D eigenvalue weighted by molar-refractivity contribution is 7.10. The maximum atomic E-state index is 10.7. The van der Waals surface area contributed by atoms with E-state index >= 15 is 0 Å². The zero-order valence-corrected chi connectivity index (χ0v) is 17.0. The summed E-state index contributed by atoms with van der Waals surface area (Å²) in [5.41, 5.74) is 1.32. The highest BCUT2D eigenvalue weighted by Crippen LogP contribution is 2.18. The van der Waals surface area contributed by atoms with Crippen molar-refractivity contribution in [1.29, 1.82) is 0 Å². The van der Waals surface area contributed by atoms with Crippen LogP contribution in [0, 0.1) is 0 Å². The molecule has 3 heteroatoms. The summed E-state index contributed by atoms with van der Waals surface area (Å²) >= 11 is 1.58. The molecule has 0 aromatic carbocycles. The van der Waals surface area contributed by atoms with E-state index in [0.29, 0.717) is 0 Å². The molecule has 0 unspecified atom stereocenters. The van der Waals surface area contributed by atoms with Gasteiger partial charge in [0.1, 0.15) is 0 Å².